The van der Waals surface area contributed by atoms with E-state index in [4.69, 9.17) is 4.74 Å². The van der Waals surface area contributed by atoms with Gasteiger partial charge in [-0.1, -0.05) is 30.3 Å². The molecule has 6 heteroatoms. The third-order valence-corrected chi connectivity index (χ3v) is 3.00. The van der Waals surface area contributed by atoms with Gasteiger partial charge in [0.15, 0.2) is 6.10 Å². The zero-order valence-electron chi connectivity index (χ0n) is 11.4. The zero-order valence-corrected chi connectivity index (χ0v) is 11.4. The summed E-state index contributed by atoms with van der Waals surface area (Å²) in [7, 11) is 0. The number of halogens is 3. The molecular formula is C16H13F3O3. The Morgan fingerprint density at radius 3 is 2.14 bits per heavy atom. The predicted molar refractivity (Wildman–Crippen MR) is 73.6 cm³/mol. The molecule has 2 rings (SSSR count). The molecule has 0 fully saturated rings. The van der Waals surface area contributed by atoms with E-state index in [9.17, 15) is 23.1 Å². The Kier molecular flexibility index (Phi) is 4.70. The van der Waals surface area contributed by atoms with Gasteiger partial charge in [-0.25, -0.2) is 4.79 Å². The maximum Gasteiger partial charge on any atom is 0.416 e. The summed E-state index contributed by atoms with van der Waals surface area (Å²) < 4.78 is 42.7. The van der Waals surface area contributed by atoms with Gasteiger partial charge in [0.25, 0.3) is 0 Å². The molecule has 2 aromatic carbocycles. The maximum absolute atomic E-state index is 12.5. The molecule has 0 aliphatic heterocycles. The molecule has 116 valence electrons. The van der Waals surface area contributed by atoms with E-state index in [0.29, 0.717) is 0 Å². The number of ether oxygens (including phenoxy) is 1. The number of hydrogen-bond acceptors (Lipinski definition) is 2. The average Bonchev–Trinajstić information content (AvgIpc) is 2.47. The Morgan fingerprint density at radius 1 is 1.05 bits per heavy atom. The van der Waals surface area contributed by atoms with Crippen LogP contribution in [0.1, 0.15) is 11.1 Å². The number of benzene rings is 2. The van der Waals surface area contributed by atoms with E-state index in [1.165, 1.54) is 0 Å². The van der Waals surface area contributed by atoms with E-state index in [1.54, 1.807) is 30.3 Å². The molecule has 0 aliphatic rings. The first kappa shape index (κ1) is 15.9. The van der Waals surface area contributed by atoms with Gasteiger partial charge in [0.1, 0.15) is 5.75 Å². The highest BCUT2D eigenvalue weighted by atomic mass is 19.4. The topological polar surface area (TPSA) is 46.5 Å². The average molecular weight is 310 g/mol. The van der Waals surface area contributed by atoms with Crippen molar-refractivity contribution in [3.63, 3.8) is 0 Å². The first-order valence-electron chi connectivity index (χ1n) is 6.47. The summed E-state index contributed by atoms with van der Waals surface area (Å²) in [5.74, 6) is -1.10. The lowest BCUT2D eigenvalue weighted by atomic mass is 10.1. The highest BCUT2D eigenvalue weighted by molar-refractivity contribution is 5.73. The van der Waals surface area contributed by atoms with Crippen LogP contribution in [-0.2, 0) is 17.4 Å². The van der Waals surface area contributed by atoms with E-state index < -0.39 is 23.8 Å². The Hall–Kier alpha value is -2.50. The second kappa shape index (κ2) is 6.51. The number of alkyl halides is 3. The number of hydrogen-bond donors (Lipinski definition) is 1. The lowest BCUT2D eigenvalue weighted by molar-refractivity contribution is -0.145. The smallest absolute Gasteiger partial charge is 0.416 e. The molecule has 0 radical (unpaired) electrons. The lowest BCUT2D eigenvalue weighted by Crippen LogP contribution is -2.29. The summed E-state index contributed by atoms with van der Waals surface area (Å²) in [4.78, 5) is 11.2. The third-order valence-electron chi connectivity index (χ3n) is 3.00. The Bertz CT molecular complexity index is 621. The quantitative estimate of drug-likeness (QED) is 0.914. The molecule has 0 bridgehead atoms. The first-order valence-corrected chi connectivity index (χ1v) is 6.47. The highest BCUT2D eigenvalue weighted by Crippen LogP contribution is 2.30. The van der Waals surface area contributed by atoms with E-state index in [1.807, 2.05) is 0 Å². The summed E-state index contributed by atoms with van der Waals surface area (Å²) in [6, 6.07) is 12.8. The van der Waals surface area contributed by atoms with Gasteiger partial charge in [0.2, 0.25) is 0 Å². The monoisotopic (exact) mass is 310 g/mol. The van der Waals surface area contributed by atoms with Gasteiger partial charge in [-0.05, 0) is 29.8 Å². The van der Waals surface area contributed by atoms with E-state index in [-0.39, 0.29) is 12.2 Å². The molecule has 0 heterocycles. The van der Waals surface area contributed by atoms with Gasteiger partial charge in [0.05, 0.1) is 5.56 Å². The van der Waals surface area contributed by atoms with Crippen LogP contribution in [0, 0.1) is 0 Å². The van der Waals surface area contributed by atoms with E-state index >= 15 is 0 Å². The molecule has 3 nitrogen and oxygen atoms in total. The van der Waals surface area contributed by atoms with Crippen LogP contribution in [0.4, 0.5) is 13.2 Å². The van der Waals surface area contributed by atoms with Crippen molar-refractivity contribution in [1.82, 2.24) is 0 Å². The SMILES string of the molecule is O=C(O)[C@H](Cc1ccccc1)Oc1ccc(C(F)(F)F)cc1. The van der Waals surface area contributed by atoms with Crippen molar-refractivity contribution in [2.45, 2.75) is 18.7 Å². The summed E-state index contributed by atoms with van der Waals surface area (Å²) in [5, 5.41) is 9.17. The van der Waals surface area contributed by atoms with E-state index in [2.05, 4.69) is 0 Å². The Balaban J connectivity index is 2.10. The molecule has 0 spiro atoms. The fourth-order valence-corrected chi connectivity index (χ4v) is 1.89. The number of carboxylic acids is 1. The number of carbonyl (C=O) groups is 1. The second-order valence-corrected chi connectivity index (χ2v) is 4.66. The zero-order chi connectivity index (χ0) is 16.2. The maximum atomic E-state index is 12.5. The first-order chi connectivity index (χ1) is 10.4. The van der Waals surface area contributed by atoms with Crippen molar-refractivity contribution in [2.75, 3.05) is 0 Å². The molecule has 1 N–H and O–H groups in total. The van der Waals surface area contributed by atoms with Crippen LogP contribution in [0.25, 0.3) is 0 Å². The molecule has 0 aromatic heterocycles. The highest BCUT2D eigenvalue weighted by Gasteiger charge is 2.30. The molecule has 0 amide bonds. The Morgan fingerprint density at radius 2 is 1.64 bits per heavy atom. The molecule has 1 atom stereocenters. The minimum Gasteiger partial charge on any atom is -0.478 e. The largest absolute Gasteiger partial charge is 0.478 e. The molecule has 22 heavy (non-hydrogen) atoms. The number of aliphatic carboxylic acids is 1. The minimum absolute atomic E-state index is 0.0799. The molecule has 2 aromatic rings. The van der Waals surface area contributed by atoms with Crippen LogP contribution in [0.3, 0.4) is 0 Å². The van der Waals surface area contributed by atoms with Gasteiger partial charge < -0.3 is 9.84 Å². The predicted octanol–water partition coefficient (Wildman–Crippen LogP) is 3.78. The van der Waals surface area contributed by atoms with Crippen LogP contribution >= 0.6 is 0 Å². The van der Waals surface area contributed by atoms with Crippen molar-refractivity contribution in [1.29, 1.82) is 0 Å². The fourth-order valence-electron chi connectivity index (χ4n) is 1.89. The Labute approximate surface area is 125 Å². The van der Waals surface area contributed by atoms with Crippen molar-refractivity contribution in [2.24, 2.45) is 0 Å². The van der Waals surface area contributed by atoms with Gasteiger partial charge in [-0.2, -0.15) is 13.2 Å². The minimum atomic E-state index is -4.44. The van der Waals surface area contributed by atoms with Crippen LogP contribution < -0.4 is 4.74 Å². The summed E-state index contributed by atoms with van der Waals surface area (Å²) in [6.45, 7) is 0. The lowest BCUT2D eigenvalue weighted by Gasteiger charge is -2.16. The number of rotatable bonds is 5. The van der Waals surface area contributed by atoms with Crippen LogP contribution in [0.2, 0.25) is 0 Å². The standard InChI is InChI=1S/C16H13F3O3/c17-16(18,19)12-6-8-13(9-7-12)22-14(15(20)21)10-11-4-2-1-3-5-11/h1-9,14H,10H2,(H,20,21)/t14-/m0/s1. The summed E-state index contributed by atoms with van der Waals surface area (Å²) in [6.07, 6.45) is -5.48. The van der Waals surface area contributed by atoms with Crippen molar-refractivity contribution in [3.8, 4) is 5.75 Å². The van der Waals surface area contributed by atoms with Crippen LogP contribution in [0.5, 0.6) is 5.75 Å². The third kappa shape index (κ3) is 4.25. The van der Waals surface area contributed by atoms with Gasteiger partial charge in [0, 0.05) is 6.42 Å². The normalized spacial score (nSPS) is 12.7. The summed E-state index contributed by atoms with van der Waals surface area (Å²) in [5.41, 5.74) is -0.0448. The van der Waals surface area contributed by atoms with Crippen molar-refractivity contribution in [3.05, 3.63) is 65.7 Å². The van der Waals surface area contributed by atoms with Crippen molar-refractivity contribution >= 4 is 5.97 Å². The summed E-state index contributed by atoms with van der Waals surface area (Å²) >= 11 is 0. The molecule has 0 saturated carbocycles. The van der Waals surface area contributed by atoms with Gasteiger partial charge in [-0.3, -0.25) is 0 Å². The second-order valence-electron chi connectivity index (χ2n) is 4.66. The molecule has 0 saturated heterocycles. The van der Waals surface area contributed by atoms with Crippen LogP contribution in [-0.4, -0.2) is 17.2 Å². The van der Waals surface area contributed by atoms with Crippen LogP contribution in [0.15, 0.2) is 54.6 Å². The fraction of sp³-hybridized carbons (Fsp3) is 0.188. The number of carboxylic acid groups (broad SMARTS) is 1. The van der Waals surface area contributed by atoms with Gasteiger partial charge in [-0.15, -0.1) is 0 Å². The van der Waals surface area contributed by atoms with Crippen molar-refractivity contribution < 1.29 is 27.8 Å². The van der Waals surface area contributed by atoms with E-state index in [0.717, 1.165) is 29.8 Å². The molecule has 0 unspecified atom stereocenters. The molecule has 0 aliphatic carbocycles. The molecular weight excluding hydrogens is 297 g/mol. The van der Waals surface area contributed by atoms with Gasteiger partial charge >= 0.3 is 12.1 Å².